The van der Waals surface area contributed by atoms with Gasteiger partial charge in [-0.2, -0.15) is 5.26 Å². The van der Waals surface area contributed by atoms with Crippen LogP contribution in [0.4, 0.5) is 0 Å². The van der Waals surface area contributed by atoms with Crippen molar-refractivity contribution < 1.29 is 24.2 Å². The Morgan fingerprint density at radius 1 is 1.12 bits per heavy atom. The minimum atomic E-state index is -0.972. The Labute approximate surface area is 144 Å². The van der Waals surface area contributed by atoms with Gasteiger partial charge in [0.05, 0.1) is 12.7 Å². The van der Waals surface area contributed by atoms with Gasteiger partial charge in [-0.1, -0.05) is 24.3 Å². The minimum absolute atomic E-state index is 0.0883. The van der Waals surface area contributed by atoms with Crippen molar-refractivity contribution >= 4 is 18.0 Å². The average molecular weight is 337 g/mol. The number of nitriles is 1. The number of methoxy groups -OCH3 is 1. The van der Waals surface area contributed by atoms with E-state index in [-0.39, 0.29) is 11.1 Å². The Balaban J connectivity index is 2.01. The first-order valence-electron chi connectivity index (χ1n) is 7.28. The summed E-state index contributed by atoms with van der Waals surface area (Å²) in [7, 11) is 1.22. The molecule has 2 rings (SSSR count). The highest BCUT2D eigenvalue weighted by Gasteiger charge is 2.08. The van der Waals surface area contributed by atoms with E-state index in [0.29, 0.717) is 17.9 Å². The van der Waals surface area contributed by atoms with E-state index in [1.54, 1.807) is 42.5 Å². The fourth-order valence-corrected chi connectivity index (χ4v) is 1.98. The van der Waals surface area contributed by atoms with Crippen LogP contribution in [0.1, 0.15) is 21.5 Å². The van der Waals surface area contributed by atoms with Crippen LogP contribution >= 0.6 is 0 Å². The Hall–Kier alpha value is -3.59. The minimum Gasteiger partial charge on any atom is -0.489 e. The van der Waals surface area contributed by atoms with E-state index in [9.17, 15) is 9.59 Å². The van der Waals surface area contributed by atoms with E-state index in [1.165, 1.54) is 25.3 Å². The lowest BCUT2D eigenvalue weighted by Crippen LogP contribution is -2.02. The Bertz CT molecular complexity index is 830. The molecule has 0 atom stereocenters. The molecular formula is C19H15NO5. The van der Waals surface area contributed by atoms with Crippen LogP contribution in [-0.4, -0.2) is 24.2 Å². The number of carboxylic acids is 1. The Morgan fingerprint density at radius 2 is 1.76 bits per heavy atom. The number of aromatic carboxylic acids is 1. The Kier molecular flexibility index (Phi) is 5.91. The third-order valence-electron chi connectivity index (χ3n) is 3.32. The number of carboxylic acid groups (broad SMARTS) is 1. The predicted molar refractivity (Wildman–Crippen MR) is 89.8 cm³/mol. The van der Waals surface area contributed by atoms with Crippen molar-refractivity contribution in [1.29, 1.82) is 5.26 Å². The van der Waals surface area contributed by atoms with Crippen molar-refractivity contribution in [3.63, 3.8) is 0 Å². The number of hydrogen-bond acceptors (Lipinski definition) is 5. The van der Waals surface area contributed by atoms with E-state index in [2.05, 4.69) is 4.74 Å². The fourth-order valence-electron chi connectivity index (χ4n) is 1.98. The molecule has 0 fully saturated rings. The van der Waals surface area contributed by atoms with Crippen molar-refractivity contribution in [1.82, 2.24) is 0 Å². The molecule has 0 aromatic heterocycles. The van der Waals surface area contributed by atoms with Crippen LogP contribution in [0.25, 0.3) is 6.08 Å². The van der Waals surface area contributed by atoms with Gasteiger partial charge in [0.2, 0.25) is 0 Å². The third-order valence-corrected chi connectivity index (χ3v) is 3.32. The molecule has 0 unspecified atom stereocenters. The van der Waals surface area contributed by atoms with Gasteiger partial charge in [0.1, 0.15) is 24.0 Å². The molecular weight excluding hydrogens is 322 g/mol. The first kappa shape index (κ1) is 17.8. The van der Waals surface area contributed by atoms with E-state index in [0.717, 1.165) is 5.56 Å². The standard InChI is InChI=1S/C19H15NO5/c1-24-19(23)16(11-20)10-13-4-8-17(9-5-13)25-12-14-2-6-15(7-3-14)18(21)22/h2-10H,12H2,1H3,(H,21,22)/b16-10+. The molecule has 0 bridgehead atoms. The molecule has 25 heavy (non-hydrogen) atoms. The van der Waals surface area contributed by atoms with Gasteiger partial charge in [-0.3, -0.25) is 0 Å². The summed E-state index contributed by atoms with van der Waals surface area (Å²) in [4.78, 5) is 22.2. The highest BCUT2D eigenvalue weighted by molar-refractivity contribution is 5.97. The van der Waals surface area contributed by atoms with Crippen molar-refractivity contribution in [2.24, 2.45) is 0 Å². The van der Waals surface area contributed by atoms with Gasteiger partial charge in [-0.15, -0.1) is 0 Å². The average Bonchev–Trinajstić information content (AvgIpc) is 2.65. The Morgan fingerprint density at radius 3 is 2.28 bits per heavy atom. The van der Waals surface area contributed by atoms with Crippen LogP contribution in [0.5, 0.6) is 5.75 Å². The molecule has 2 aromatic rings. The summed E-state index contributed by atoms with van der Waals surface area (Å²) in [5.41, 5.74) is 1.64. The lowest BCUT2D eigenvalue weighted by atomic mass is 10.1. The first-order chi connectivity index (χ1) is 12.0. The zero-order valence-electron chi connectivity index (χ0n) is 13.4. The number of carbonyl (C=O) groups excluding carboxylic acids is 1. The normalized spacial score (nSPS) is 10.6. The summed E-state index contributed by atoms with van der Waals surface area (Å²) in [6.07, 6.45) is 1.43. The lowest BCUT2D eigenvalue weighted by Gasteiger charge is -2.07. The third kappa shape index (κ3) is 4.94. The number of esters is 1. The van der Waals surface area contributed by atoms with Gasteiger partial charge < -0.3 is 14.6 Å². The second-order valence-corrected chi connectivity index (χ2v) is 5.02. The zero-order chi connectivity index (χ0) is 18.2. The highest BCUT2D eigenvalue weighted by Crippen LogP contribution is 2.16. The fraction of sp³-hybridized carbons (Fsp3) is 0.105. The molecule has 0 spiro atoms. The molecule has 126 valence electrons. The topological polar surface area (TPSA) is 96.6 Å². The number of rotatable bonds is 6. The largest absolute Gasteiger partial charge is 0.489 e. The molecule has 2 aromatic carbocycles. The lowest BCUT2D eigenvalue weighted by molar-refractivity contribution is -0.135. The van der Waals surface area contributed by atoms with Crippen molar-refractivity contribution in [3.8, 4) is 11.8 Å². The van der Waals surface area contributed by atoms with Crippen LogP contribution in [-0.2, 0) is 16.1 Å². The van der Waals surface area contributed by atoms with E-state index in [1.807, 2.05) is 0 Å². The SMILES string of the molecule is COC(=O)/C(C#N)=C/c1ccc(OCc2ccc(C(=O)O)cc2)cc1. The first-order valence-corrected chi connectivity index (χ1v) is 7.28. The summed E-state index contributed by atoms with van der Waals surface area (Å²) in [6, 6.07) is 15.1. The summed E-state index contributed by atoms with van der Waals surface area (Å²) < 4.78 is 10.1. The molecule has 0 aliphatic carbocycles. The second kappa shape index (κ2) is 8.31. The molecule has 6 heteroatoms. The van der Waals surface area contributed by atoms with Crippen molar-refractivity contribution in [2.75, 3.05) is 7.11 Å². The predicted octanol–water partition coefficient (Wildman–Crippen LogP) is 3.04. The van der Waals surface area contributed by atoms with Gasteiger partial charge >= 0.3 is 11.9 Å². The highest BCUT2D eigenvalue weighted by atomic mass is 16.5. The maximum Gasteiger partial charge on any atom is 0.348 e. The quantitative estimate of drug-likeness (QED) is 0.494. The number of carbonyl (C=O) groups is 2. The van der Waals surface area contributed by atoms with E-state index >= 15 is 0 Å². The summed E-state index contributed by atoms with van der Waals surface area (Å²) in [5, 5.41) is 17.8. The summed E-state index contributed by atoms with van der Waals surface area (Å²) >= 11 is 0. The molecule has 0 aliphatic rings. The van der Waals surface area contributed by atoms with Crippen molar-refractivity contribution in [3.05, 3.63) is 70.8 Å². The summed E-state index contributed by atoms with van der Waals surface area (Å²) in [5.74, 6) is -1.05. The van der Waals surface area contributed by atoms with Gasteiger partial charge in [0.25, 0.3) is 0 Å². The molecule has 1 N–H and O–H groups in total. The molecule has 0 amide bonds. The number of nitrogens with zero attached hydrogens (tertiary/aromatic N) is 1. The van der Waals surface area contributed by atoms with Crippen LogP contribution in [0, 0.1) is 11.3 Å². The van der Waals surface area contributed by atoms with Crippen molar-refractivity contribution in [2.45, 2.75) is 6.61 Å². The molecule has 0 aliphatic heterocycles. The van der Waals surface area contributed by atoms with Gasteiger partial charge in [0.15, 0.2) is 0 Å². The van der Waals surface area contributed by atoms with Crippen LogP contribution in [0.3, 0.4) is 0 Å². The monoisotopic (exact) mass is 337 g/mol. The van der Waals surface area contributed by atoms with E-state index in [4.69, 9.17) is 15.1 Å². The van der Waals surface area contributed by atoms with Gasteiger partial charge in [0, 0.05) is 0 Å². The molecule has 6 nitrogen and oxygen atoms in total. The van der Waals surface area contributed by atoms with Crippen LogP contribution in [0.2, 0.25) is 0 Å². The number of ether oxygens (including phenoxy) is 2. The van der Waals surface area contributed by atoms with Crippen LogP contribution in [0.15, 0.2) is 54.1 Å². The second-order valence-electron chi connectivity index (χ2n) is 5.02. The number of hydrogen-bond donors (Lipinski definition) is 1. The zero-order valence-corrected chi connectivity index (χ0v) is 13.4. The molecule has 0 saturated heterocycles. The maximum atomic E-state index is 11.4. The van der Waals surface area contributed by atoms with Gasteiger partial charge in [-0.25, -0.2) is 9.59 Å². The molecule has 0 saturated carbocycles. The smallest absolute Gasteiger partial charge is 0.348 e. The number of benzene rings is 2. The molecule has 0 heterocycles. The van der Waals surface area contributed by atoms with E-state index < -0.39 is 11.9 Å². The van der Waals surface area contributed by atoms with Crippen LogP contribution < -0.4 is 4.74 Å². The molecule has 0 radical (unpaired) electrons. The maximum absolute atomic E-state index is 11.4. The summed E-state index contributed by atoms with van der Waals surface area (Å²) in [6.45, 7) is 0.292. The van der Waals surface area contributed by atoms with Gasteiger partial charge in [-0.05, 0) is 41.5 Å².